The fourth-order valence-electron chi connectivity index (χ4n) is 4.16. The Balaban J connectivity index is 1.82. The topological polar surface area (TPSA) is 88.5 Å². The maximum atomic E-state index is 12.8. The van der Waals surface area contributed by atoms with Gasteiger partial charge >= 0.3 is 0 Å². The number of fused-ring (bicyclic) bond motifs is 1. The molecule has 2 heterocycles. The Morgan fingerprint density at radius 3 is 2.46 bits per heavy atom. The molecular formula is C27H28N6OS. The summed E-state index contributed by atoms with van der Waals surface area (Å²) in [6, 6.07) is 17.9. The van der Waals surface area contributed by atoms with Crippen molar-refractivity contribution in [3.05, 3.63) is 72.8 Å². The van der Waals surface area contributed by atoms with Gasteiger partial charge in [-0.3, -0.25) is 9.20 Å². The van der Waals surface area contributed by atoms with Crippen LogP contribution >= 0.6 is 12.6 Å². The minimum Gasteiger partial charge on any atom is -0.382 e. The van der Waals surface area contributed by atoms with Gasteiger partial charge in [-0.1, -0.05) is 43.2 Å². The summed E-state index contributed by atoms with van der Waals surface area (Å²) in [5, 5.41) is 3.38. The van der Waals surface area contributed by atoms with Crippen LogP contribution in [0.3, 0.4) is 0 Å². The predicted octanol–water partition coefficient (Wildman–Crippen LogP) is 5.09. The molecule has 7 nitrogen and oxygen atoms in total. The number of imidazole rings is 1. The van der Waals surface area contributed by atoms with Crippen LogP contribution < -0.4 is 11.1 Å². The first-order valence-corrected chi connectivity index (χ1v) is 11.9. The molecule has 0 aliphatic rings. The highest BCUT2D eigenvalue weighted by Crippen LogP contribution is 2.39. The molecule has 4 aromatic rings. The standard InChI is InChI=1S/C27H28N6OS/c1-4-10-22(34)33(6-3)27(35,5-2)26-31-23(24-25(28)29-17-18-32(24)26)19-13-15-21(16-14-19)30-20-11-8-7-9-12-20/h7-9,11-18,30,35H,5-6H2,1-3H3,(H2,28,29). The van der Waals surface area contributed by atoms with Crippen molar-refractivity contribution < 1.29 is 4.79 Å². The number of aromatic nitrogens is 3. The number of para-hydroxylation sites is 1. The zero-order valence-electron chi connectivity index (χ0n) is 20.0. The lowest BCUT2D eigenvalue weighted by Crippen LogP contribution is -2.46. The van der Waals surface area contributed by atoms with Gasteiger partial charge in [0.05, 0.1) is 0 Å². The molecule has 2 aromatic carbocycles. The quantitative estimate of drug-likeness (QED) is 0.193. The fourth-order valence-corrected chi connectivity index (χ4v) is 4.55. The van der Waals surface area contributed by atoms with Gasteiger partial charge in [-0.25, -0.2) is 9.97 Å². The summed E-state index contributed by atoms with van der Waals surface area (Å²) in [7, 11) is 0. The van der Waals surface area contributed by atoms with E-state index in [4.69, 9.17) is 23.3 Å². The molecule has 0 saturated heterocycles. The lowest BCUT2D eigenvalue weighted by Gasteiger charge is -2.37. The number of amides is 1. The summed E-state index contributed by atoms with van der Waals surface area (Å²) in [4.78, 5) is 22.8. The van der Waals surface area contributed by atoms with Gasteiger partial charge in [0.2, 0.25) is 0 Å². The molecule has 0 saturated carbocycles. The van der Waals surface area contributed by atoms with E-state index in [-0.39, 0.29) is 5.91 Å². The molecule has 0 bridgehead atoms. The second-order valence-corrected chi connectivity index (χ2v) is 8.72. The summed E-state index contributed by atoms with van der Waals surface area (Å²) in [5.41, 5.74) is 10.5. The third-order valence-corrected chi connectivity index (χ3v) is 6.65. The van der Waals surface area contributed by atoms with Gasteiger partial charge in [-0.2, -0.15) is 0 Å². The Bertz CT molecular complexity index is 1400. The average Bonchev–Trinajstić information content (AvgIpc) is 3.27. The first-order valence-electron chi connectivity index (χ1n) is 11.4. The van der Waals surface area contributed by atoms with E-state index in [0.29, 0.717) is 35.8 Å². The number of hydrogen-bond donors (Lipinski definition) is 3. The van der Waals surface area contributed by atoms with Crippen molar-refractivity contribution in [1.29, 1.82) is 0 Å². The Morgan fingerprint density at radius 2 is 1.83 bits per heavy atom. The number of nitrogens with one attached hydrogen (secondary N) is 1. The highest BCUT2D eigenvalue weighted by molar-refractivity contribution is 7.81. The molecule has 1 atom stereocenters. The van der Waals surface area contributed by atoms with Crippen molar-refractivity contribution in [2.45, 2.75) is 32.1 Å². The molecule has 2 aromatic heterocycles. The number of nitrogens with zero attached hydrogens (tertiary/aromatic N) is 4. The van der Waals surface area contributed by atoms with Crippen molar-refractivity contribution in [2.75, 3.05) is 17.6 Å². The first-order chi connectivity index (χ1) is 16.9. The monoisotopic (exact) mass is 484 g/mol. The number of rotatable bonds is 7. The summed E-state index contributed by atoms with van der Waals surface area (Å²) in [6.45, 7) is 5.94. The molecule has 0 fully saturated rings. The van der Waals surface area contributed by atoms with Gasteiger partial charge in [0.1, 0.15) is 21.9 Å². The van der Waals surface area contributed by atoms with Crippen LogP contribution in [0.25, 0.3) is 16.8 Å². The summed E-state index contributed by atoms with van der Waals surface area (Å²) >= 11 is 5.01. The first kappa shape index (κ1) is 24.2. The van der Waals surface area contributed by atoms with E-state index >= 15 is 0 Å². The van der Waals surface area contributed by atoms with Crippen LogP contribution in [0.2, 0.25) is 0 Å². The van der Waals surface area contributed by atoms with Gasteiger partial charge in [0, 0.05) is 35.9 Å². The molecule has 0 radical (unpaired) electrons. The minimum absolute atomic E-state index is 0.302. The van der Waals surface area contributed by atoms with Gasteiger partial charge in [0.25, 0.3) is 5.91 Å². The smallest absolute Gasteiger partial charge is 0.299 e. The van der Waals surface area contributed by atoms with Crippen LogP contribution in [-0.4, -0.2) is 31.7 Å². The van der Waals surface area contributed by atoms with Crippen molar-refractivity contribution in [3.63, 3.8) is 0 Å². The van der Waals surface area contributed by atoms with E-state index in [0.717, 1.165) is 16.9 Å². The number of thiol groups is 1. The van der Waals surface area contributed by atoms with Crippen LogP contribution in [0.4, 0.5) is 17.2 Å². The lowest BCUT2D eigenvalue weighted by atomic mass is 10.1. The second kappa shape index (κ2) is 10.1. The highest BCUT2D eigenvalue weighted by atomic mass is 32.1. The van der Waals surface area contributed by atoms with Crippen molar-refractivity contribution >= 4 is 41.2 Å². The van der Waals surface area contributed by atoms with Crippen molar-refractivity contribution in [2.24, 2.45) is 0 Å². The zero-order chi connectivity index (χ0) is 25.0. The van der Waals surface area contributed by atoms with Crippen LogP contribution in [-0.2, 0) is 9.67 Å². The molecule has 35 heavy (non-hydrogen) atoms. The second-order valence-electron chi connectivity index (χ2n) is 7.98. The van der Waals surface area contributed by atoms with Crippen molar-refractivity contribution in [1.82, 2.24) is 19.3 Å². The van der Waals surface area contributed by atoms with E-state index in [1.807, 2.05) is 72.8 Å². The number of benzene rings is 2. The van der Waals surface area contributed by atoms with Crippen LogP contribution in [0, 0.1) is 11.8 Å². The number of hydrogen-bond acceptors (Lipinski definition) is 6. The van der Waals surface area contributed by atoms with E-state index in [1.165, 1.54) is 0 Å². The van der Waals surface area contributed by atoms with Gasteiger partial charge in [-0.15, -0.1) is 12.6 Å². The van der Waals surface area contributed by atoms with Crippen LogP contribution in [0.5, 0.6) is 0 Å². The Morgan fingerprint density at radius 1 is 1.14 bits per heavy atom. The number of carbonyl (C=O) groups excluding carboxylic acids is 1. The molecule has 0 aliphatic carbocycles. The zero-order valence-corrected chi connectivity index (χ0v) is 20.9. The van der Waals surface area contributed by atoms with Gasteiger partial charge in [-0.05, 0) is 50.5 Å². The van der Waals surface area contributed by atoms with E-state index in [1.54, 1.807) is 24.2 Å². The summed E-state index contributed by atoms with van der Waals surface area (Å²) in [6.07, 6.45) is 3.94. The molecular weight excluding hydrogens is 456 g/mol. The maximum Gasteiger partial charge on any atom is 0.299 e. The number of nitrogens with two attached hydrogens (primary N) is 1. The number of anilines is 3. The molecule has 0 spiro atoms. The maximum absolute atomic E-state index is 12.8. The predicted molar refractivity (Wildman–Crippen MR) is 144 cm³/mol. The largest absolute Gasteiger partial charge is 0.382 e. The molecule has 8 heteroatoms. The molecule has 0 aliphatic heterocycles. The van der Waals surface area contributed by atoms with Crippen molar-refractivity contribution in [3.8, 4) is 23.1 Å². The average molecular weight is 485 g/mol. The molecule has 1 unspecified atom stereocenters. The van der Waals surface area contributed by atoms with E-state index < -0.39 is 4.87 Å². The third kappa shape index (κ3) is 4.55. The number of nitrogen functional groups attached to an aromatic ring is 1. The van der Waals surface area contributed by atoms with Gasteiger partial charge in [0.15, 0.2) is 5.82 Å². The minimum atomic E-state index is -1.00. The van der Waals surface area contributed by atoms with E-state index in [2.05, 4.69) is 22.1 Å². The Labute approximate surface area is 210 Å². The SMILES string of the molecule is CC#CC(=O)N(CC)C(S)(CC)c1nc(-c2ccc(Nc3ccccc3)cc2)c2c(N)nccn12. The molecule has 4 rings (SSSR count). The lowest BCUT2D eigenvalue weighted by molar-refractivity contribution is -0.128. The normalized spacial score (nSPS) is 12.5. The van der Waals surface area contributed by atoms with E-state index in [9.17, 15) is 4.79 Å². The Hall–Kier alpha value is -3.96. The van der Waals surface area contributed by atoms with Crippen LogP contribution in [0.15, 0.2) is 67.0 Å². The molecule has 1 amide bonds. The number of carbonyl (C=O) groups is 1. The summed E-state index contributed by atoms with van der Waals surface area (Å²) in [5.74, 6) is 5.96. The summed E-state index contributed by atoms with van der Waals surface area (Å²) < 4.78 is 1.87. The Kier molecular flexibility index (Phi) is 6.99. The molecule has 3 N–H and O–H groups in total. The highest BCUT2D eigenvalue weighted by Gasteiger charge is 2.40. The van der Waals surface area contributed by atoms with Gasteiger partial charge < -0.3 is 16.0 Å². The van der Waals surface area contributed by atoms with Crippen LogP contribution in [0.1, 0.15) is 33.0 Å². The fraction of sp³-hybridized carbons (Fsp3) is 0.222. The third-order valence-electron chi connectivity index (χ3n) is 5.89. The molecule has 178 valence electrons.